The molecule has 2 aromatic carbocycles. The highest BCUT2D eigenvalue weighted by Crippen LogP contribution is 2.28. The van der Waals surface area contributed by atoms with Gasteiger partial charge in [0.2, 0.25) is 0 Å². The number of hydrogen-bond acceptors (Lipinski definition) is 1. The third-order valence-corrected chi connectivity index (χ3v) is 4.09. The zero-order valence-electron chi connectivity index (χ0n) is 12.1. The topological polar surface area (TPSA) is 12.0 Å². The second-order valence-corrected chi connectivity index (χ2v) is 5.89. The third kappa shape index (κ3) is 4.19. The number of halogens is 3. The molecule has 0 aliphatic rings. The van der Waals surface area contributed by atoms with Crippen molar-refractivity contribution in [3.63, 3.8) is 0 Å². The molecular weight excluding hydrogens is 308 g/mol. The molecule has 1 N–H and O–H groups in total. The maximum Gasteiger partial charge on any atom is 0.123 e. The van der Waals surface area contributed by atoms with E-state index in [-0.39, 0.29) is 11.9 Å². The standard InChI is InChI=1S/C17H18Cl2FN/c1-3-21-17(15-6-5-14(20)8-11(15)2)10-12-9-13(18)4-7-16(12)19/h4-9,17,21H,3,10H2,1-2H3. The van der Waals surface area contributed by atoms with Crippen LogP contribution in [-0.2, 0) is 6.42 Å². The molecule has 2 aromatic rings. The van der Waals surface area contributed by atoms with Crippen molar-refractivity contribution in [2.75, 3.05) is 6.54 Å². The van der Waals surface area contributed by atoms with Gasteiger partial charge in [-0.1, -0.05) is 36.2 Å². The average molecular weight is 326 g/mol. The molecule has 0 fully saturated rings. The van der Waals surface area contributed by atoms with Gasteiger partial charge in [0.15, 0.2) is 0 Å². The van der Waals surface area contributed by atoms with E-state index in [9.17, 15) is 4.39 Å². The molecular formula is C17H18Cl2FN. The van der Waals surface area contributed by atoms with Crippen LogP contribution in [-0.4, -0.2) is 6.54 Å². The van der Waals surface area contributed by atoms with Crippen LogP contribution in [0.25, 0.3) is 0 Å². The molecule has 0 aliphatic carbocycles. The SMILES string of the molecule is CCNC(Cc1cc(Cl)ccc1Cl)c1ccc(F)cc1C. The van der Waals surface area contributed by atoms with Crippen LogP contribution < -0.4 is 5.32 Å². The molecule has 1 nitrogen and oxygen atoms in total. The first-order chi connectivity index (χ1) is 10.0. The Kier molecular flexibility index (Phi) is 5.63. The number of nitrogens with one attached hydrogen (secondary N) is 1. The number of benzene rings is 2. The molecule has 0 bridgehead atoms. The number of hydrogen-bond donors (Lipinski definition) is 1. The summed E-state index contributed by atoms with van der Waals surface area (Å²) >= 11 is 12.3. The molecule has 1 atom stereocenters. The van der Waals surface area contributed by atoms with Gasteiger partial charge in [0.05, 0.1) is 0 Å². The van der Waals surface area contributed by atoms with Gasteiger partial charge in [0.25, 0.3) is 0 Å². The Morgan fingerprint density at radius 1 is 1.14 bits per heavy atom. The van der Waals surface area contributed by atoms with Crippen LogP contribution in [0.5, 0.6) is 0 Å². The summed E-state index contributed by atoms with van der Waals surface area (Å²) in [5, 5.41) is 4.79. The first kappa shape index (κ1) is 16.3. The smallest absolute Gasteiger partial charge is 0.123 e. The number of aryl methyl sites for hydroxylation is 1. The van der Waals surface area contributed by atoms with Crippen LogP contribution >= 0.6 is 23.2 Å². The highest BCUT2D eigenvalue weighted by Gasteiger charge is 2.16. The van der Waals surface area contributed by atoms with Gasteiger partial charge < -0.3 is 5.32 Å². The predicted octanol–water partition coefficient (Wildman–Crippen LogP) is 5.33. The van der Waals surface area contributed by atoms with Gasteiger partial charge in [-0.2, -0.15) is 0 Å². The van der Waals surface area contributed by atoms with Crippen molar-refractivity contribution in [3.8, 4) is 0 Å². The highest BCUT2D eigenvalue weighted by atomic mass is 35.5. The second-order valence-electron chi connectivity index (χ2n) is 5.05. The summed E-state index contributed by atoms with van der Waals surface area (Å²) in [6.07, 6.45) is 0.708. The van der Waals surface area contributed by atoms with Crippen LogP contribution in [0.4, 0.5) is 4.39 Å². The lowest BCUT2D eigenvalue weighted by Crippen LogP contribution is -2.24. The predicted molar refractivity (Wildman–Crippen MR) is 87.7 cm³/mol. The number of likely N-dealkylation sites (N-methyl/N-ethyl adjacent to an activating group) is 1. The lowest BCUT2D eigenvalue weighted by atomic mass is 9.95. The van der Waals surface area contributed by atoms with E-state index in [4.69, 9.17) is 23.2 Å². The average Bonchev–Trinajstić information content (AvgIpc) is 2.42. The Hall–Kier alpha value is -1.09. The van der Waals surface area contributed by atoms with E-state index in [0.29, 0.717) is 16.5 Å². The first-order valence-corrected chi connectivity index (χ1v) is 7.70. The molecule has 4 heteroatoms. The van der Waals surface area contributed by atoms with E-state index in [1.807, 2.05) is 26.0 Å². The molecule has 0 aromatic heterocycles. The summed E-state index contributed by atoms with van der Waals surface area (Å²) in [4.78, 5) is 0. The van der Waals surface area contributed by atoms with Gasteiger partial charge in [0.1, 0.15) is 5.82 Å². The maximum atomic E-state index is 13.3. The third-order valence-electron chi connectivity index (χ3n) is 3.49. The Labute approximate surface area is 135 Å². The van der Waals surface area contributed by atoms with Gasteiger partial charge in [-0.15, -0.1) is 0 Å². The van der Waals surface area contributed by atoms with Crippen LogP contribution in [0.15, 0.2) is 36.4 Å². The molecule has 2 rings (SSSR count). The van der Waals surface area contributed by atoms with E-state index < -0.39 is 0 Å². The van der Waals surface area contributed by atoms with Gasteiger partial charge in [-0.3, -0.25) is 0 Å². The quantitative estimate of drug-likeness (QED) is 0.782. The molecule has 0 radical (unpaired) electrons. The van der Waals surface area contributed by atoms with E-state index in [2.05, 4.69) is 5.32 Å². The van der Waals surface area contributed by atoms with Crippen LogP contribution in [0.3, 0.4) is 0 Å². The molecule has 21 heavy (non-hydrogen) atoms. The minimum atomic E-state index is -0.215. The maximum absolute atomic E-state index is 13.3. The summed E-state index contributed by atoms with van der Waals surface area (Å²) in [5.41, 5.74) is 2.99. The Bertz CT molecular complexity index is 628. The molecule has 0 heterocycles. The second kappa shape index (κ2) is 7.26. The van der Waals surface area contributed by atoms with Crippen molar-refractivity contribution < 1.29 is 4.39 Å². The summed E-state index contributed by atoms with van der Waals surface area (Å²) in [6.45, 7) is 4.79. The normalized spacial score (nSPS) is 12.4. The summed E-state index contributed by atoms with van der Waals surface area (Å²) in [7, 11) is 0. The minimum Gasteiger partial charge on any atom is -0.310 e. The Morgan fingerprint density at radius 3 is 2.57 bits per heavy atom. The highest BCUT2D eigenvalue weighted by molar-refractivity contribution is 6.33. The van der Waals surface area contributed by atoms with Crippen molar-refractivity contribution >= 4 is 23.2 Å². The summed E-state index contributed by atoms with van der Waals surface area (Å²) in [5.74, 6) is -0.215. The Morgan fingerprint density at radius 2 is 1.90 bits per heavy atom. The monoisotopic (exact) mass is 325 g/mol. The molecule has 1 unspecified atom stereocenters. The van der Waals surface area contributed by atoms with Crippen molar-refractivity contribution in [1.29, 1.82) is 0 Å². The summed E-state index contributed by atoms with van der Waals surface area (Å²) in [6, 6.07) is 10.4. The van der Waals surface area contributed by atoms with Crippen molar-refractivity contribution in [3.05, 3.63) is 69.0 Å². The van der Waals surface area contributed by atoms with E-state index >= 15 is 0 Å². The van der Waals surface area contributed by atoms with E-state index in [1.165, 1.54) is 6.07 Å². The zero-order valence-corrected chi connectivity index (χ0v) is 13.6. The van der Waals surface area contributed by atoms with Crippen molar-refractivity contribution in [2.24, 2.45) is 0 Å². The van der Waals surface area contributed by atoms with E-state index in [1.54, 1.807) is 18.2 Å². The molecule has 112 valence electrons. The van der Waals surface area contributed by atoms with Crippen LogP contribution in [0.1, 0.15) is 29.7 Å². The van der Waals surface area contributed by atoms with Gasteiger partial charge >= 0.3 is 0 Å². The fraction of sp³-hybridized carbons (Fsp3) is 0.294. The fourth-order valence-corrected chi connectivity index (χ4v) is 2.88. The van der Waals surface area contributed by atoms with Gasteiger partial charge in [-0.05, 0) is 66.9 Å². The molecule has 0 saturated carbocycles. The van der Waals surface area contributed by atoms with Crippen LogP contribution in [0, 0.1) is 12.7 Å². The molecule has 0 saturated heterocycles. The van der Waals surface area contributed by atoms with Crippen molar-refractivity contribution in [2.45, 2.75) is 26.3 Å². The largest absolute Gasteiger partial charge is 0.310 e. The minimum absolute atomic E-state index is 0.0755. The molecule has 0 spiro atoms. The summed E-state index contributed by atoms with van der Waals surface area (Å²) < 4.78 is 13.3. The first-order valence-electron chi connectivity index (χ1n) is 6.94. The zero-order chi connectivity index (χ0) is 15.4. The van der Waals surface area contributed by atoms with Crippen molar-refractivity contribution in [1.82, 2.24) is 5.32 Å². The molecule has 0 aliphatic heterocycles. The lowest BCUT2D eigenvalue weighted by molar-refractivity contribution is 0.544. The lowest BCUT2D eigenvalue weighted by Gasteiger charge is -2.21. The van der Waals surface area contributed by atoms with Gasteiger partial charge in [-0.25, -0.2) is 4.39 Å². The van der Waals surface area contributed by atoms with E-state index in [0.717, 1.165) is 23.2 Å². The van der Waals surface area contributed by atoms with Crippen LogP contribution in [0.2, 0.25) is 10.0 Å². The Balaban J connectivity index is 2.32. The number of rotatable bonds is 5. The van der Waals surface area contributed by atoms with Gasteiger partial charge in [0, 0.05) is 16.1 Å². The fourth-order valence-electron chi connectivity index (χ4n) is 2.49. The molecule has 0 amide bonds.